The molecule has 0 aliphatic carbocycles. The third-order valence-electron chi connectivity index (χ3n) is 4.40. The van der Waals surface area contributed by atoms with E-state index < -0.39 is 22.5 Å². The van der Waals surface area contributed by atoms with Crippen LogP contribution in [0.15, 0.2) is 72.1 Å². The van der Waals surface area contributed by atoms with Crippen LogP contribution in [-0.2, 0) is 21.2 Å². The number of hydrogen-bond acceptors (Lipinski definition) is 6. The van der Waals surface area contributed by atoms with E-state index in [1.165, 1.54) is 38.0 Å². The van der Waals surface area contributed by atoms with Crippen molar-refractivity contribution in [2.24, 2.45) is 0 Å². The van der Waals surface area contributed by atoms with Crippen molar-refractivity contribution in [2.75, 3.05) is 23.3 Å². The fourth-order valence-electron chi connectivity index (χ4n) is 2.92. The minimum atomic E-state index is -4.01. The van der Waals surface area contributed by atoms with Crippen molar-refractivity contribution in [2.45, 2.75) is 18.2 Å². The second-order valence-electron chi connectivity index (χ2n) is 6.35. The fraction of sp³-hybridized carbons (Fsp3) is 0.190. The van der Waals surface area contributed by atoms with E-state index in [1.807, 2.05) is 6.92 Å². The first kappa shape index (κ1) is 21.3. The lowest BCUT2D eigenvalue weighted by Crippen LogP contribution is -2.38. The number of benzene rings is 2. The number of ether oxygens (including phenoxy) is 1. The molecule has 2 aromatic carbocycles. The molecule has 156 valence electrons. The van der Waals surface area contributed by atoms with Crippen LogP contribution in [0.4, 0.5) is 11.4 Å². The Morgan fingerprint density at radius 3 is 2.43 bits per heavy atom. The van der Waals surface area contributed by atoms with E-state index in [9.17, 15) is 13.2 Å². The Balaban J connectivity index is 2.04. The zero-order valence-electron chi connectivity index (χ0n) is 16.6. The summed E-state index contributed by atoms with van der Waals surface area (Å²) >= 11 is 0. The lowest BCUT2D eigenvalue weighted by atomic mass is 10.1. The van der Waals surface area contributed by atoms with Gasteiger partial charge >= 0.3 is 0 Å². The number of rotatable bonds is 8. The van der Waals surface area contributed by atoms with Gasteiger partial charge in [-0.2, -0.15) is 0 Å². The minimum absolute atomic E-state index is 0.0886. The van der Waals surface area contributed by atoms with Gasteiger partial charge in [0, 0.05) is 6.07 Å². The minimum Gasteiger partial charge on any atom is -0.497 e. The summed E-state index contributed by atoms with van der Waals surface area (Å²) in [7, 11) is -2.51. The van der Waals surface area contributed by atoms with Gasteiger partial charge in [-0.05, 0) is 30.2 Å². The molecule has 30 heavy (non-hydrogen) atoms. The van der Waals surface area contributed by atoms with E-state index in [0.29, 0.717) is 23.5 Å². The van der Waals surface area contributed by atoms with Gasteiger partial charge < -0.3 is 10.1 Å². The molecule has 0 fully saturated rings. The average Bonchev–Trinajstić information content (AvgIpc) is 2.78. The maximum atomic E-state index is 13.5. The maximum absolute atomic E-state index is 13.5. The van der Waals surface area contributed by atoms with Gasteiger partial charge in [0.2, 0.25) is 5.91 Å². The number of nitrogens with zero attached hydrogens (tertiary/aromatic N) is 3. The number of carbonyl (C=O) groups is 1. The second kappa shape index (κ2) is 9.36. The van der Waals surface area contributed by atoms with Crippen LogP contribution in [0.2, 0.25) is 0 Å². The molecule has 0 spiro atoms. The number of anilines is 2. The van der Waals surface area contributed by atoms with E-state index in [-0.39, 0.29) is 4.90 Å². The Kier molecular flexibility index (Phi) is 6.63. The molecule has 3 aromatic rings. The summed E-state index contributed by atoms with van der Waals surface area (Å²) in [6.07, 6.45) is 4.79. The lowest BCUT2D eigenvalue weighted by Gasteiger charge is -2.26. The van der Waals surface area contributed by atoms with Gasteiger partial charge in [0.25, 0.3) is 10.0 Å². The molecule has 0 saturated carbocycles. The first-order chi connectivity index (χ1) is 14.5. The molecular formula is C21H22N4O4S. The number of carbonyl (C=O) groups excluding carboxylic acids is 1. The molecular weight excluding hydrogens is 404 g/mol. The lowest BCUT2D eigenvalue weighted by molar-refractivity contribution is -0.114. The summed E-state index contributed by atoms with van der Waals surface area (Å²) in [5, 5.41) is 2.63. The Morgan fingerprint density at radius 2 is 1.80 bits per heavy atom. The zero-order chi connectivity index (χ0) is 21.6. The highest BCUT2D eigenvalue weighted by Gasteiger charge is 2.29. The van der Waals surface area contributed by atoms with Gasteiger partial charge in [-0.15, -0.1) is 0 Å². The number of hydrogen-bond donors (Lipinski definition) is 1. The summed E-state index contributed by atoms with van der Waals surface area (Å²) in [5.41, 5.74) is 1.53. The van der Waals surface area contributed by atoms with Crippen molar-refractivity contribution >= 4 is 27.3 Å². The monoisotopic (exact) mass is 426 g/mol. The van der Waals surface area contributed by atoms with Crippen molar-refractivity contribution in [1.82, 2.24) is 9.97 Å². The first-order valence-electron chi connectivity index (χ1n) is 9.25. The van der Waals surface area contributed by atoms with Crippen LogP contribution < -0.4 is 14.4 Å². The topological polar surface area (TPSA) is 101 Å². The normalized spacial score (nSPS) is 11.0. The van der Waals surface area contributed by atoms with Crippen molar-refractivity contribution in [3.8, 4) is 5.75 Å². The number of sulfonamides is 1. The molecule has 1 aromatic heterocycles. The first-order valence-corrected chi connectivity index (χ1v) is 10.7. The summed E-state index contributed by atoms with van der Waals surface area (Å²) in [6.45, 7) is 1.49. The van der Waals surface area contributed by atoms with E-state index in [4.69, 9.17) is 4.74 Å². The Hall–Kier alpha value is -3.46. The Bertz CT molecular complexity index is 1110. The number of aromatic nitrogens is 2. The highest BCUT2D eigenvalue weighted by molar-refractivity contribution is 7.92. The highest BCUT2D eigenvalue weighted by atomic mass is 32.2. The van der Waals surface area contributed by atoms with Gasteiger partial charge in [0.05, 0.1) is 35.8 Å². The molecule has 1 amide bonds. The summed E-state index contributed by atoms with van der Waals surface area (Å²) < 4.78 is 33.3. The van der Waals surface area contributed by atoms with Crippen LogP contribution in [0, 0.1) is 0 Å². The molecule has 1 heterocycles. The predicted molar refractivity (Wildman–Crippen MR) is 114 cm³/mol. The zero-order valence-corrected chi connectivity index (χ0v) is 17.5. The molecule has 1 N–H and O–H groups in total. The Labute approximate surface area is 175 Å². The molecule has 0 atom stereocenters. The van der Waals surface area contributed by atoms with Gasteiger partial charge in [0.15, 0.2) is 0 Å². The van der Waals surface area contributed by atoms with Crippen molar-refractivity contribution in [3.05, 3.63) is 72.8 Å². The van der Waals surface area contributed by atoms with Crippen LogP contribution in [-0.4, -0.2) is 37.9 Å². The largest absolute Gasteiger partial charge is 0.497 e. The molecule has 0 radical (unpaired) electrons. The molecule has 9 heteroatoms. The second-order valence-corrected chi connectivity index (χ2v) is 8.21. The van der Waals surface area contributed by atoms with E-state index in [0.717, 1.165) is 9.87 Å². The molecule has 0 aliphatic heterocycles. The summed E-state index contributed by atoms with van der Waals surface area (Å²) in [6, 6.07) is 13.2. The van der Waals surface area contributed by atoms with Crippen LogP contribution in [0.5, 0.6) is 5.75 Å². The number of amides is 1. The van der Waals surface area contributed by atoms with Crippen LogP contribution in [0.3, 0.4) is 0 Å². The maximum Gasteiger partial charge on any atom is 0.264 e. The van der Waals surface area contributed by atoms with Crippen molar-refractivity contribution in [1.29, 1.82) is 0 Å². The quantitative estimate of drug-likeness (QED) is 0.594. The van der Waals surface area contributed by atoms with Gasteiger partial charge in [0.1, 0.15) is 18.6 Å². The van der Waals surface area contributed by atoms with Crippen molar-refractivity contribution < 1.29 is 17.9 Å². The number of methoxy groups -OCH3 is 1. The van der Waals surface area contributed by atoms with Crippen LogP contribution >= 0.6 is 0 Å². The highest BCUT2D eigenvalue weighted by Crippen LogP contribution is 2.31. The summed E-state index contributed by atoms with van der Waals surface area (Å²) in [5.74, 6) is -0.0264. The average molecular weight is 426 g/mol. The Morgan fingerprint density at radius 1 is 1.10 bits per heavy atom. The van der Waals surface area contributed by atoms with E-state index in [1.54, 1.807) is 36.4 Å². The smallest absolute Gasteiger partial charge is 0.264 e. The standard InChI is InChI=1S/C21H22N4O4S/c1-3-16-9-10-18(29-2)11-20(16)25(30(27,28)19-7-5-4-6-8-19)14-21(26)24-17-12-22-15-23-13-17/h4-13,15H,3,14H2,1-2H3,(H,24,26). The molecule has 0 unspecified atom stereocenters. The number of aryl methyl sites for hydroxylation is 1. The number of nitrogens with one attached hydrogen (secondary N) is 1. The van der Waals surface area contributed by atoms with Gasteiger partial charge in [-0.3, -0.25) is 9.10 Å². The SMILES string of the molecule is CCc1ccc(OC)cc1N(CC(=O)Nc1cncnc1)S(=O)(=O)c1ccccc1. The van der Waals surface area contributed by atoms with E-state index in [2.05, 4.69) is 15.3 Å². The third-order valence-corrected chi connectivity index (χ3v) is 6.18. The molecule has 0 bridgehead atoms. The van der Waals surface area contributed by atoms with E-state index >= 15 is 0 Å². The molecule has 3 rings (SSSR count). The van der Waals surface area contributed by atoms with Gasteiger partial charge in [-0.1, -0.05) is 31.2 Å². The van der Waals surface area contributed by atoms with Crippen LogP contribution in [0.1, 0.15) is 12.5 Å². The fourth-order valence-corrected chi connectivity index (χ4v) is 4.39. The molecule has 0 saturated heterocycles. The third kappa shape index (κ3) is 4.74. The molecule has 0 aliphatic rings. The summed E-state index contributed by atoms with van der Waals surface area (Å²) in [4.78, 5) is 20.5. The predicted octanol–water partition coefficient (Wildman–Crippen LogP) is 2.88. The van der Waals surface area contributed by atoms with Crippen LogP contribution in [0.25, 0.3) is 0 Å². The molecule has 8 nitrogen and oxygen atoms in total. The van der Waals surface area contributed by atoms with Gasteiger partial charge in [-0.25, -0.2) is 18.4 Å². The van der Waals surface area contributed by atoms with Crippen molar-refractivity contribution in [3.63, 3.8) is 0 Å².